The molecule has 0 bridgehead atoms. The van der Waals surface area contributed by atoms with Crippen molar-refractivity contribution >= 4 is 11.8 Å². The van der Waals surface area contributed by atoms with Crippen molar-refractivity contribution in [1.82, 2.24) is 25.3 Å². The molecule has 2 amide bonds. The number of carbonyl (C=O) groups excluding carboxylic acids is 2. The van der Waals surface area contributed by atoms with Gasteiger partial charge in [0.2, 0.25) is 11.8 Å². The summed E-state index contributed by atoms with van der Waals surface area (Å²) in [6, 6.07) is 0. The molecule has 0 aliphatic carbocycles. The van der Waals surface area contributed by atoms with Gasteiger partial charge in [-0.2, -0.15) is 0 Å². The monoisotopic (exact) mass is 527 g/mol. The number of likely N-dealkylation sites (N-methyl/N-ethyl adjacent to an activating group) is 2. The number of rotatable bonds is 13. The van der Waals surface area contributed by atoms with Gasteiger partial charge in [-0.05, 0) is 66.5 Å². The Hall–Kier alpha value is -1.22. The molecule has 36 heavy (non-hydrogen) atoms. The van der Waals surface area contributed by atoms with Crippen LogP contribution in [0.3, 0.4) is 0 Å². The SMILES string of the molecule is C.C.C.C.CCCN(C)C(C)=O.CCCN(C)CCN.CCCN(C)CCNC(C)=O.CCCNC. The Kier molecular flexibility index (Phi) is 72.3. The highest BCUT2D eigenvalue weighted by molar-refractivity contribution is 5.73. The third-order valence-corrected chi connectivity index (χ3v) is 4.19. The molecular weight excluding hydrogens is 452 g/mol. The van der Waals surface area contributed by atoms with Gasteiger partial charge in [0.1, 0.15) is 0 Å². The third-order valence-electron chi connectivity index (χ3n) is 4.19. The second-order valence-electron chi connectivity index (χ2n) is 7.92. The quantitative estimate of drug-likeness (QED) is 0.320. The summed E-state index contributed by atoms with van der Waals surface area (Å²) in [6.45, 7) is 19.4. The summed E-state index contributed by atoms with van der Waals surface area (Å²) in [5.74, 6) is 0.196. The summed E-state index contributed by atoms with van der Waals surface area (Å²) in [6.07, 6.45) is 4.65. The Balaban J connectivity index is -0.0000000480. The van der Waals surface area contributed by atoms with Crippen LogP contribution in [0.1, 0.15) is 96.9 Å². The van der Waals surface area contributed by atoms with Gasteiger partial charge in [-0.25, -0.2) is 0 Å². The highest BCUT2D eigenvalue weighted by atomic mass is 16.2. The fraction of sp³-hybridized carbons (Fsp3) is 0.929. The Labute approximate surface area is 230 Å². The van der Waals surface area contributed by atoms with Crippen LogP contribution in [0.25, 0.3) is 0 Å². The zero-order chi connectivity index (χ0) is 25.8. The number of amides is 2. The molecule has 0 radical (unpaired) electrons. The summed E-state index contributed by atoms with van der Waals surface area (Å²) in [5.41, 5.74) is 5.32. The Morgan fingerprint density at radius 3 is 1.31 bits per heavy atom. The van der Waals surface area contributed by atoms with Gasteiger partial charge >= 0.3 is 0 Å². The lowest BCUT2D eigenvalue weighted by atomic mass is 10.4. The minimum absolute atomic E-state index is 0. The summed E-state index contributed by atoms with van der Waals surface area (Å²) in [4.78, 5) is 27.1. The average Bonchev–Trinajstić information content (AvgIpc) is 2.70. The first-order chi connectivity index (χ1) is 15.1. The molecule has 0 aliphatic rings. The van der Waals surface area contributed by atoms with Crippen LogP contribution in [0, 0.1) is 0 Å². The molecule has 4 N–H and O–H groups in total. The maximum atomic E-state index is 10.5. The molecule has 8 heteroatoms. The summed E-state index contributed by atoms with van der Waals surface area (Å²) < 4.78 is 0. The van der Waals surface area contributed by atoms with E-state index in [2.05, 4.69) is 62.2 Å². The van der Waals surface area contributed by atoms with Crippen molar-refractivity contribution in [2.45, 2.75) is 96.9 Å². The van der Waals surface area contributed by atoms with E-state index in [1.165, 1.54) is 12.8 Å². The topological polar surface area (TPSA) is 93.9 Å². The van der Waals surface area contributed by atoms with Gasteiger partial charge in [0.05, 0.1) is 0 Å². The first-order valence-electron chi connectivity index (χ1n) is 12.2. The molecule has 0 unspecified atom stereocenters. The largest absolute Gasteiger partial charge is 0.355 e. The molecular formula is C28H74N6O2. The van der Waals surface area contributed by atoms with Gasteiger partial charge in [-0.1, -0.05) is 57.4 Å². The van der Waals surface area contributed by atoms with Crippen molar-refractivity contribution < 1.29 is 9.59 Å². The van der Waals surface area contributed by atoms with Gasteiger partial charge in [0.25, 0.3) is 0 Å². The third kappa shape index (κ3) is 63.8. The van der Waals surface area contributed by atoms with Crippen LogP contribution in [-0.4, -0.2) is 107 Å². The van der Waals surface area contributed by atoms with Gasteiger partial charge in [-0.15, -0.1) is 0 Å². The van der Waals surface area contributed by atoms with Crippen LogP contribution < -0.4 is 16.4 Å². The van der Waals surface area contributed by atoms with E-state index in [1.54, 1.807) is 18.7 Å². The minimum atomic E-state index is 0. The number of carbonyl (C=O) groups is 2. The van der Waals surface area contributed by atoms with Crippen LogP contribution in [0.15, 0.2) is 0 Å². The molecule has 0 aromatic heterocycles. The molecule has 0 aromatic rings. The number of nitrogens with one attached hydrogen (secondary N) is 2. The van der Waals surface area contributed by atoms with Crippen molar-refractivity contribution in [3.05, 3.63) is 0 Å². The van der Waals surface area contributed by atoms with Crippen molar-refractivity contribution in [3.63, 3.8) is 0 Å². The van der Waals surface area contributed by atoms with Gasteiger partial charge in [0.15, 0.2) is 0 Å². The molecule has 0 atom stereocenters. The first-order valence-corrected chi connectivity index (χ1v) is 12.2. The Bertz CT molecular complexity index is 377. The molecule has 228 valence electrons. The second-order valence-corrected chi connectivity index (χ2v) is 7.92. The molecule has 0 saturated heterocycles. The van der Waals surface area contributed by atoms with E-state index < -0.39 is 0 Å². The second kappa shape index (κ2) is 47.0. The van der Waals surface area contributed by atoms with Crippen LogP contribution in [0.5, 0.6) is 0 Å². The standard InChI is InChI=1S/C8H18N2O.C6H16N2.C6H13NO.C4H11N.4CH4/c1-4-6-10(3)7-5-9-8(2)11;1-3-5-8(2)6-4-7;1-4-5-7(3)6(2)8;1-3-4-5-2;;;;/h4-7H2,1-3H3,(H,9,11);3-7H2,1-2H3;4-5H2,1-3H3;5H,3-4H2,1-2H3;4*1H4. The number of nitrogens with two attached hydrogens (primary N) is 1. The number of nitrogens with zero attached hydrogens (tertiary/aromatic N) is 3. The van der Waals surface area contributed by atoms with E-state index in [4.69, 9.17) is 5.73 Å². The molecule has 0 saturated carbocycles. The minimum Gasteiger partial charge on any atom is -0.355 e. The van der Waals surface area contributed by atoms with Gasteiger partial charge < -0.3 is 31.1 Å². The van der Waals surface area contributed by atoms with E-state index in [0.29, 0.717) is 0 Å². The first kappa shape index (κ1) is 55.3. The van der Waals surface area contributed by atoms with E-state index in [-0.39, 0.29) is 41.5 Å². The van der Waals surface area contributed by atoms with Crippen molar-refractivity contribution in [1.29, 1.82) is 0 Å². The zero-order valence-electron chi connectivity index (χ0n) is 23.2. The molecule has 0 aliphatic heterocycles. The van der Waals surface area contributed by atoms with Crippen molar-refractivity contribution in [2.24, 2.45) is 5.73 Å². The maximum Gasteiger partial charge on any atom is 0.219 e. The normalized spacial score (nSPS) is 8.58. The molecule has 8 nitrogen and oxygen atoms in total. The van der Waals surface area contributed by atoms with Gasteiger partial charge in [0, 0.05) is 53.6 Å². The van der Waals surface area contributed by atoms with E-state index in [0.717, 1.165) is 65.2 Å². The highest BCUT2D eigenvalue weighted by Crippen LogP contribution is 1.85. The molecule has 0 aromatic carbocycles. The van der Waals surface area contributed by atoms with E-state index in [9.17, 15) is 9.59 Å². The molecule has 0 fully saturated rings. The van der Waals surface area contributed by atoms with E-state index in [1.807, 2.05) is 14.1 Å². The van der Waals surface area contributed by atoms with Crippen molar-refractivity contribution in [3.8, 4) is 0 Å². The van der Waals surface area contributed by atoms with Crippen LogP contribution in [0.4, 0.5) is 0 Å². The fourth-order valence-corrected chi connectivity index (χ4v) is 2.37. The maximum absolute atomic E-state index is 10.5. The Morgan fingerprint density at radius 1 is 0.667 bits per heavy atom. The van der Waals surface area contributed by atoms with Crippen molar-refractivity contribution in [2.75, 3.05) is 80.5 Å². The van der Waals surface area contributed by atoms with Gasteiger partial charge in [-0.3, -0.25) is 9.59 Å². The zero-order valence-corrected chi connectivity index (χ0v) is 23.2. The lowest BCUT2D eigenvalue weighted by molar-refractivity contribution is -0.127. The molecule has 0 spiro atoms. The van der Waals surface area contributed by atoms with Crippen LogP contribution in [-0.2, 0) is 9.59 Å². The predicted molar refractivity (Wildman–Crippen MR) is 168 cm³/mol. The van der Waals surface area contributed by atoms with Crippen LogP contribution in [0.2, 0.25) is 0 Å². The van der Waals surface area contributed by atoms with Crippen LogP contribution >= 0.6 is 0 Å². The summed E-state index contributed by atoms with van der Waals surface area (Å²) in [5, 5.41) is 5.77. The molecule has 0 rings (SSSR count). The Morgan fingerprint density at radius 2 is 1.08 bits per heavy atom. The lowest BCUT2D eigenvalue weighted by Crippen LogP contribution is -2.31. The summed E-state index contributed by atoms with van der Waals surface area (Å²) >= 11 is 0. The number of hydrogen-bond acceptors (Lipinski definition) is 6. The van der Waals surface area contributed by atoms with E-state index >= 15 is 0 Å². The molecule has 0 heterocycles. The smallest absolute Gasteiger partial charge is 0.219 e. The predicted octanol–water partition coefficient (Wildman–Crippen LogP) is 4.79. The highest BCUT2D eigenvalue weighted by Gasteiger charge is 1.97. The fourth-order valence-electron chi connectivity index (χ4n) is 2.37. The summed E-state index contributed by atoms with van der Waals surface area (Å²) in [7, 11) is 7.93. The average molecular weight is 527 g/mol. The number of hydrogen-bond donors (Lipinski definition) is 3. The lowest BCUT2D eigenvalue weighted by Gasteiger charge is -2.14.